The summed E-state index contributed by atoms with van der Waals surface area (Å²) in [5.41, 5.74) is 4.34. The van der Waals surface area contributed by atoms with Gasteiger partial charge in [0.1, 0.15) is 5.75 Å². The average molecular weight is 326 g/mol. The Morgan fingerprint density at radius 1 is 1.12 bits per heavy atom. The van der Waals surface area contributed by atoms with Crippen LogP contribution in [0.2, 0.25) is 0 Å². The maximum atomic E-state index is 12.1. The molecule has 0 saturated carbocycles. The summed E-state index contributed by atoms with van der Waals surface area (Å²) in [6.45, 7) is 6.05. The molecule has 0 aromatic heterocycles. The topological polar surface area (TPSA) is 50.4 Å². The smallest absolute Gasteiger partial charge is 0.319 e. The molecule has 128 valence electrons. The molecule has 2 amide bonds. The van der Waals surface area contributed by atoms with Gasteiger partial charge in [-0.15, -0.1) is 0 Å². The lowest BCUT2D eigenvalue weighted by molar-refractivity contribution is 0.248. The van der Waals surface area contributed by atoms with Crippen LogP contribution in [0, 0.1) is 13.8 Å². The Balaban J connectivity index is 1.80. The van der Waals surface area contributed by atoms with E-state index in [1.54, 1.807) is 7.11 Å². The van der Waals surface area contributed by atoms with Crippen LogP contribution in [-0.4, -0.2) is 19.2 Å². The number of ether oxygens (including phenoxy) is 1. The van der Waals surface area contributed by atoms with Crippen molar-refractivity contribution in [1.29, 1.82) is 0 Å². The van der Waals surface area contributed by atoms with Crippen molar-refractivity contribution in [2.45, 2.75) is 39.7 Å². The fourth-order valence-corrected chi connectivity index (χ4v) is 2.58. The van der Waals surface area contributed by atoms with Crippen molar-refractivity contribution >= 4 is 11.7 Å². The van der Waals surface area contributed by atoms with Gasteiger partial charge in [0, 0.05) is 11.7 Å². The number of aryl methyl sites for hydroxylation is 3. The number of hydrogen-bond acceptors (Lipinski definition) is 2. The highest BCUT2D eigenvalue weighted by Gasteiger charge is 2.09. The SMILES string of the molecule is COc1ccc(CCC(C)NC(=O)Nc2ccc(C)cc2C)cc1. The molecule has 0 spiro atoms. The van der Waals surface area contributed by atoms with Crippen molar-refractivity contribution in [2.75, 3.05) is 12.4 Å². The third kappa shape index (κ3) is 5.30. The van der Waals surface area contributed by atoms with Crippen LogP contribution in [0.25, 0.3) is 0 Å². The van der Waals surface area contributed by atoms with Crippen LogP contribution in [0.1, 0.15) is 30.0 Å². The minimum atomic E-state index is -0.163. The Morgan fingerprint density at radius 2 is 1.83 bits per heavy atom. The molecule has 0 heterocycles. The number of nitrogens with one attached hydrogen (secondary N) is 2. The Kier molecular flexibility index (Phi) is 6.24. The number of methoxy groups -OCH3 is 1. The molecule has 0 aliphatic rings. The van der Waals surface area contributed by atoms with Crippen molar-refractivity contribution in [3.8, 4) is 5.75 Å². The summed E-state index contributed by atoms with van der Waals surface area (Å²) in [6, 6.07) is 14.0. The summed E-state index contributed by atoms with van der Waals surface area (Å²) in [5, 5.41) is 5.90. The fourth-order valence-electron chi connectivity index (χ4n) is 2.58. The van der Waals surface area contributed by atoms with E-state index in [1.807, 2.05) is 45.0 Å². The average Bonchev–Trinajstić information content (AvgIpc) is 2.56. The molecule has 0 saturated heterocycles. The van der Waals surface area contributed by atoms with Gasteiger partial charge < -0.3 is 15.4 Å². The van der Waals surface area contributed by atoms with E-state index in [1.165, 1.54) is 11.1 Å². The lowest BCUT2D eigenvalue weighted by atomic mass is 10.1. The number of hydrogen-bond donors (Lipinski definition) is 2. The zero-order chi connectivity index (χ0) is 17.5. The summed E-state index contributed by atoms with van der Waals surface area (Å²) < 4.78 is 5.16. The van der Waals surface area contributed by atoms with Gasteiger partial charge in [0.25, 0.3) is 0 Å². The van der Waals surface area contributed by atoms with Crippen LogP contribution in [0.5, 0.6) is 5.75 Å². The van der Waals surface area contributed by atoms with Crippen molar-refractivity contribution in [3.05, 3.63) is 59.2 Å². The Labute approximate surface area is 144 Å². The predicted molar refractivity (Wildman–Crippen MR) is 98.8 cm³/mol. The lowest BCUT2D eigenvalue weighted by Gasteiger charge is -2.16. The fraction of sp³-hybridized carbons (Fsp3) is 0.350. The molecule has 4 nitrogen and oxygen atoms in total. The molecule has 2 aromatic carbocycles. The summed E-state index contributed by atoms with van der Waals surface area (Å²) in [7, 11) is 1.66. The molecule has 1 unspecified atom stereocenters. The number of anilines is 1. The lowest BCUT2D eigenvalue weighted by Crippen LogP contribution is -2.36. The van der Waals surface area contributed by atoms with Crippen LogP contribution >= 0.6 is 0 Å². The molecule has 0 aliphatic carbocycles. The van der Waals surface area contributed by atoms with Gasteiger partial charge in [0.15, 0.2) is 0 Å². The van der Waals surface area contributed by atoms with E-state index in [-0.39, 0.29) is 12.1 Å². The Bertz CT molecular complexity index is 681. The second kappa shape index (κ2) is 8.39. The van der Waals surface area contributed by atoms with E-state index >= 15 is 0 Å². The molecule has 0 fully saturated rings. The number of carbonyl (C=O) groups excluding carboxylic acids is 1. The van der Waals surface area contributed by atoms with Crippen molar-refractivity contribution in [2.24, 2.45) is 0 Å². The molecule has 0 bridgehead atoms. The van der Waals surface area contributed by atoms with Gasteiger partial charge in [-0.25, -0.2) is 4.79 Å². The van der Waals surface area contributed by atoms with E-state index in [0.717, 1.165) is 29.8 Å². The first-order valence-corrected chi connectivity index (χ1v) is 8.25. The summed E-state index contributed by atoms with van der Waals surface area (Å²) >= 11 is 0. The van der Waals surface area contributed by atoms with E-state index in [9.17, 15) is 4.79 Å². The van der Waals surface area contributed by atoms with E-state index in [2.05, 4.69) is 28.8 Å². The van der Waals surface area contributed by atoms with Gasteiger partial charge in [-0.1, -0.05) is 29.8 Å². The largest absolute Gasteiger partial charge is 0.497 e. The predicted octanol–water partition coefficient (Wildman–Crippen LogP) is 4.45. The van der Waals surface area contributed by atoms with E-state index in [4.69, 9.17) is 4.74 Å². The number of urea groups is 1. The highest BCUT2D eigenvalue weighted by molar-refractivity contribution is 5.90. The molecular weight excluding hydrogens is 300 g/mol. The molecule has 2 rings (SSSR count). The zero-order valence-corrected chi connectivity index (χ0v) is 14.8. The third-order valence-electron chi connectivity index (χ3n) is 4.03. The van der Waals surface area contributed by atoms with Crippen LogP contribution in [0.15, 0.2) is 42.5 Å². The highest BCUT2D eigenvalue weighted by Crippen LogP contribution is 2.16. The van der Waals surface area contributed by atoms with Gasteiger partial charge in [-0.3, -0.25) is 0 Å². The maximum absolute atomic E-state index is 12.1. The molecule has 0 aliphatic heterocycles. The molecular formula is C20H26N2O2. The maximum Gasteiger partial charge on any atom is 0.319 e. The Hall–Kier alpha value is -2.49. The number of carbonyl (C=O) groups is 1. The molecule has 4 heteroatoms. The first-order chi connectivity index (χ1) is 11.5. The molecule has 1 atom stereocenters. The zero-order valence-electron chi connectivity index (χ0n) is 14.8. The van der Waals surface area contributed by atoms with Gasteiger partial charge in [0.2, 0.25) is 0 Å². The van der Waals surface area contributed by atoms with E-state index < -0.39 is 0 Å². The Morgan fingerprint density at radius 3 is 2.46 bits per heavy atom. The first-order valence-electron chi connectivity index (χ1n) is 8.25. The van der Waals surface area contributed by atoms with E-state index in [0.29, 0.717) is 0 Å². The minimum absolute atomic E-state index is 0.0952. The van der Waals surface area contributed by atoms with Gasteiger partial charge in [-0.2, -0.15) is 0 Å². The highest BCUT2D eigenvalue weighted by atomic mass is 16.5. The quantitative estimate of drug-likeness (QED) is 0.823. The number of benzene rings is 2. The van der Waals surface area contributed by atoms with Crippen molar-refractivity contribution in [1.82, 2.24) is 5.32 Å². The van der Waals surface area contributed by atoms with Crippen molar-refractivity contribution in [3.63, 3.8) is 0 Å². The summed E-state index contributed by atoms with van der Waals surface area (Å²) in [4.78, 5) is 12.1. The van der Waals surface area contributed by atoms with Gasteiger partial charge >= 0.3 is 6.03 Å². The van der Waals surface area contributed by atoms with Gasteiger partial charge in [0.05, 0.1) is 7.11 Å². The molecule has 0 radical (unpaired) electrons. The molecule has 2 N–H and O–H groups in total. The van der Waals surface area contributed by atoms with Crippen LogP contribution in [0.3, 0.4) is 0 Å². The normalized spacial score (nSPS) is 11.7. The monoisotopic (exact) mass is 326 g/mol. The first kappa shape index (κ1) is 17.9. The van der Waals surface area contributed by atoms with Gasteiger partial charge in [-0.05, 0) is 62.9 Å². The second-order valence-corrected chi connectivity index (χ2v) is 6.20. The summed E-state index contributed by atoms with van der Waals surface area (Å²) in [5.74, 6) is 0.859. The molecule has 2 aromatic rings. The van der Waals surface area contributed by atoms with Crippen LogP contribution < -0.4 is 15.4 Å². The third-order valence-corrected chi connectivity index (χ3v) is 4.03. The second-order valence-electron chi connectivity index (χ2n) is 6.20. The van der Waals surface area contributed by atoms with Crippen LogP contribution in [-0.2, 0) is 6.42 Å². The molecule has 24 heavy (non-hydrogen) atoms. The number of amides is 2. The standard InChI is InChI=1S/C20H26N2O2/c1-14-5-12-19(15(2)13-14)22-20(23)21-16(3)6-7-17-8-10-18(24-4)11-9-17/h5,8-13,16H,6-7H2,1-4H3,(H2,21,22,23). The number of rotatable bonds is 6. The minimum Gasteiger partial charge on any atom is -0.497 e. The van der Waals surface area contributed by atoms with Crippen LogP contribution in [0.4, 0.5) is 10.5 Å². The van der Waals surface area contributed by atoms with Crippen molar-refractivity contribution < 1.29 is 9.53 Å². The summed E-state index contributed by atoms with van der Waals surface area (Å²) in [6.07, 6.45) is 1.79.